The van der Waals surface area contributed by atoms with Crippen LogP contribution in [0.25, 0.3) is 0 Å². The molecule has 2 N–H and O–H groups in total. The number of hydrogen-bond acceptors (Lipinski definition) is 4. The lowest BCUT2D eigenvalue weighted by atomic mass is 9.92. The molecule has 3 rings (SSSR count). The molecule has 1 atom stereocenters. The van der Waals surface area contributed by atoms with Crippen molar-refractivity contribution in [1.82, 2.24) is 0 Å². The van der Waals surface area contributed by atoms with E-state index in [-0.39, 0.29) is 12.3 Å². The molecule has 164 valence electrons. The van der Waals surface area contributed by atoms with E-state index in [9.17, 15) is 9.90 Å². The van der Waals surface area contributed by atoms with Gasteiger partial charge in [-0.1, -0.05) is 46.1 Å². The maximum absolute atomic E-state index is 11.2. The van der Waals surface area contributed by atoms with E-state index in [0.717, 1.165) is 23.6 Å². The molecule has 1 aromatic carbocycles. The van der Waals surface area contributed by atoms with Gasteiger partial charge in [0.15, 0.2) is 0 Å². The molecular formula is C25H36N2O3. The van der Waals surface area contributed by atoms with Crippen molar-refractivity contribution < 1.29 is 14.3 Å². The topological polar surface area (TPSA) is 65.7 Å². The molecule has 1 aliphatic carbocycles. The first-order chi connectivity index (χ1) is 14.4. The van der Waals surface area contributed by atoms with Crippen LogP contribution in [-0.2, 0) is 11.3 Å². The molecule has 5 nitrogen and oxygen atoms in total. The third-order valence-corrected chi connectivity index (χ3v) is 5.99. The molecule has 1 aromatic heterocycles. The second-order valence-electron chi connectivity index (χ2n) is 9.05. The van der Waals surface area contributed by atoms with Gasteiger partial charge >= 0.3 is 5.97 Å². The highest BCUT2D eigenvalue weighted by Gasteiger charge is 2.25. The van der Waals surface area contributed by atoms with Crippen LogP contribution in [0.5, 0.6) is 0 Å². The summed E-state index contributed by atoms with van der Waals surface area (Å²) in [5.74, 6) is 0.655. The zero-order valence-corrected chi connectivity index (χ0v) is 18.6. The maximum Gasteiger partial charge on any atom is 0.303 e. The smallest absolute Gasteiger partial charge is 0.303 e. The lowest BCUT2D eigenvalue weighted by Crippen LogP contribution is -2.39. The first-order valence-corrected chi connectivity index (χ1v) is 11.3. The minimum absolute atomic E-state index is 0.0334. The van der Waals surface area contributed by atoms with Crippen molar-refractivity contribution >= 4 is 17.3 Å². The number of hydrogen-bond donors (Lipinski definition) is 2. The summed E-state index contributed by atoms with van der Waals surface area (Å²) >= 11 is 0. The Morgan fingerprint density at radius 3 is 2.60 bits per heavy atom. The zero-order chi connectivity index (χ0) is 21.5. The van der Waals surface area contributed by atoms with Crippen LogP contribution in [0, 0.1) is 5.92 Å². The van der Waals surface area contributed by atoms with Crippen molar-refractivity contribution in [3.8, 4) is 0 Å². The number of carbonyl (C=O) groups is 1. The molecule has 2 aromatic rings. The Kier molecular flexibility index (Phi) is 7.83. The maximum atomic E-state index is 11.2. The van der Waals surface area contributed by atoms with Gasteiger partial charge in [-0.15, -0.1) is 0 Å². The number of rotatable bonds is 10. The molecule has 1 fully saturated rings. The Hall–Kier alpha value is -2.43. The molecule has 5 heteroatoms. The Labute approximate surface area is 180 Å². The van der Waals surface area contributed by atoms with Crippen molar-refractivity contribution in [1.29, 1.82) is 0 Å². The van der Waals surface area contributed by atoms with Crippen molar-refractivity contribution in [3.05, 3.63) is 47.9 Å². The molecule has 0 spiro atoms. The molecule has 0 radical (unpaired) electrons. The number of nitrogens with one attached hydrogen (secondary N) is 1. The lowest BCUT2D eigenvalue weighted by Gasteiger charge is -2.38. The van der Waals surface area contributed by atoms with E-state index in [2.05, 4.69) is 42.3 Å². The van der Waals surface area contributed by atoms with Crippen LogP contribution in [0.15, 0.2) is 41.0 Å². The first-order valence-electron chi connectivity index (χ1n) is 11.3. The van der Waals surface area contributed by atoms with Gasteiger partial charge in [-0.2, -0.15) is 0 Å². The highest BCUT2D eigenvalue weighted by Crippen LogP contribution is 2.36. The fourth-order valence-corrected chi connectivity index (χ4v) is 4.46. The summed E-state index contributed by atoms with van der Waals surface area (Å²) in [4.78, 5) is 13.8. The monoisotopic (exact) mass is 412 g/mol. The van der Waals surface area contributed by atoms with Gasteiger partial charge in [-0.3, -0.25) is 4.79 Å². The van der Waals surface area contributed by atoms with Crippen LogP contribution in [0.4, 0.5) is 11.4 Å². The Morgan fingerprint density at radius 1 is 1.20 bits per heavy atom. The van der Waals surface area contributed by atoms with Crippen LogP contribution < -0.4 is 10.2 Å². The predicted octanol–water partition coefficient (Wildman–Crippen LogP) is 6.27. The predicted molar refractivity (Wildman–Crippen MR) is 122 cm³/mol. The first kappa shape index (κ1) is 22.3. The fraction of sp³-hybridized carbons (Fsp3) is 0.560. The number of furan rings is 1. The molecule has 1 heterocycles. The number of benzene rings is 1. The van der Waals surface area contributed by atoms with Crippen LogP contribution in [0.3, 0.4) is 0 Å². The molecule has 0 amide bonds. The number of nitrogens with zero attached hydrogens (tertiary/aromatic N) is 1. The van der Waals surface area contributed by atoms with Gasteiger partial charge < -0.3 is 19.7 Å². The van der Waals surface area contributed by atoms with Crippen molar-refractivity contribution in [2.24, 2.45) is 5.92 Å². The summed E-state index contributed by atoms with van der Waals surface area (Å²) in [5, 5.41) is 12.8. The van der Waals surface area contributed by atoms with Gasteiger partial charge in [0.25, 0.3) is 0 Å². The SMILES string of the molecule is CC(C)CN(c1ccc(C(C)CC(=O)O)cc1NCc1ccco1)C1CCCCC1. The summed E-state index contributed by atoms with van der Waals surface area (Å²) in [6, 6.07) is 10.9. The summed E-state index contributed by atoms with van der Waals surface area (Å²) in [5.41, 5.74) is 3.33. The zero-order valence-electron chi connectivity index (χ0n) is 18.6. The average Bonchev–Trinajstić information content (AvgIpc) is 3.24. The molecule has 30 heavy (non-hydrogen) atoms. The number of carboxylic acids is 1. The van der Waals surface area contributed by atoms with E-state index in [1.165, 1.54) is 37.8 Å². The average molecular weight is 413 g/mol. The largest absolute Gasteiger partial charge is 0.481 e. The fourth-order valence-electron chi connectivity index (χ4n) is 4.46. The third kappa shape index (κ3) is 6.04. The van der Waals surface area contributed by atoms with Crippen LogP contribution in [0.2, 0.25) is 0 Å². The van der Waals surface area contributed by atoms with Crippen LogP contribution in [0.1, 0.15) is 76.5 Å². The normalized spacial score (nSPS) is 15.9. The quantitative estimate of drug-likeness (QED) is 0.482. The van der Waals surface area contributed by atoms with Crippen molar-refractivity contribution in [2.45, 2.75) is 77.8 Å². The van der Waals surface area contributed by atoms with Crippen molar-refractivity contribution in [2.75, 3.05) is 16.8 Å². The van der Waals surface area contributed by atoms with E-state index < -0.39 is 5.97 Å². The summed E-state index contributed by atoms with van der Waals surface area (Å²) in [6.07, 6.45) is 8.22. The number of carboxylic acid groups (broad SMARTS) is 1. The van der Waals surface area contributed by atoms with Crippen molar-refractivity contribution in [3.63, 3.8) is 0 Å². The van der Waals surface area contributed by atoms with Crippen LogP contribution >= 0.6 is 0 Å². The van der Waals surface area contributed by atoms with E-state index in [4.69, 9.17) is 4.42 Å². The van der Waals surface area contributed by atoms with Gasteiger partial charge in [-0.05, 0) is 54.5 Å². The molecule has 1 saturated carbocycles. The second-order valence-corrected chi connectivity index (χ2v) is 9.05. The Bertz CT molecular complexity index is 795. The van der Waals surface area contributed by atoms with Gasteiger partial charge in [0, 0.05) is 12.6 Å². The molecule has 0 aliphatic heterocycles. The van der Waals surface area contributed by atoms with E-state index in [1.807, 2.05) is 19.1 Å². The number of aliphatic carboxylic acids is 1. The summed E-state index contributed by atoms with van der Waals surface area (Å²) < 4.78 is 5.51. The Balaban J connectivity index is 1.92. The van der Waals surface area contributed by atoms with Gasteiger partial charge in [-0.25, -0.2) is 0 Å². The molecule has 0 bridgehead atoms. The van der Waals surface area contributed by atoms with Gasteiger partial charge in [0.05, 0.1) is 30.6 Å². The van der Waals surface area contributed by atoms with Gasteiger partial charge in [0.2, 0.25) is 0 Å². The minimum atomic E-state index is -0.764. The molecule has 0 saturated heterocycles. The van der Waals surface area contributed by atoms with E-state index >= 15 is 0 Å². The molecule has 1 aliphatic rings. The minimum Gasteiger partial charge on any atom is -0.481 e. The standard InChI is InChI=1S/C25H36N2O3/c1-18(2)17-27(21-8-5-4-6-9-21)24-12-11-20(19(3)14-25(28)29)15-23(24)26-16-22-10-7-13-30-22/h7,10-13,15,18-19,21,26H,4-6,8-9,14,16-17H2,1-3H3,(H,28,29). The van der Waals surface area contributed by atoms with Gasteiger partial charge in [0.1, 0.15) is 5.76 Å². The highest BCUT2D eigenvalue weighted by atomic mass is 16.4. The highest BCUT2D eigenvalue weighted by molar-refractivity contribution is 5.73. The molecule has 1 unspecified atom stereocenters. The number of anilines is 2. The Morgan fingerprint density at radius 2 is 1.97 bits per heavy atom. The summed E-state index contributed by atoms with van der Waals surface area (Å²) in [7, 11) is 0. The summed E-state index contributed by atoms with van der Waals surface area (Å²) in [6.45, 7) is 8.15. The van der Waals surface area contributed by atoms with E-state index in [1.54, 1.807) is 6.26 Å². The molecular weight excluding hydrogens is 376 g/mol. The second kappa shape index (κ2) is 10.6. The van der Waals surface area contributed by atoms with Crippen LogP contribution in [-0.4, -0.2) is 23.7 Å². The third-order valence-electron chi connectivity index (χ3n) is 5.99. The van der Waals surface area contributed by atoms with E-state index in [0.29, 0.717) is 18.5 Å². The lowest BCUT2D eigenvalue weighted by molar-refractivity contribution is -0.137.